The SMILES string of the molecule is CC(=O)N1CCn2c(c(C3CCCCC3)c3ccc(C(=O)NS(=O)(=O)N(C)C)cc32)-c2ccccc21. The van der Waals surface area contributed by atoms with E-state index in [1.807, 2.05) is 29.2 Å². The van der Waals surface area contributed by atoms with E-state index in [0.717, 1.165) is 45.0 Å². The third kappa shape index (κ3) is 4.20. The molecular formula is C27H32N4O4S. The summed E-state index contributed by atoms with van der Waals surface area (Å²) in [6.45, 7) is 2.68. The monoisotopic (exact) mass is 508 g/mol. The molecule has 9 heteroatoms. The molecule has 1 aromatic heterocycles. The molecule has 8 nitrogen and oxygen atoms in total. The summed E-state index contributed by atoms with van der Waals surface area (Å²) < 4.78 is 29.8. The van der Waals surface area contributed by atoms with Gasteiger partial charge >= 0.3 is 10.2 Å². The number of benzene rings is 2. The van der Waals surface area contributed by atoms with Gasteiger partial charge in [0.05, 0.1) is 11.4 Å². The van der Waals surface area contributed by atoms with Crippen molar-refractivity contribution in [2.45, 2.75) is 51.5 Å². The molecule has 2 heterocycles. The van der Waals surface area contributed by atoms with Crippen LogP contribution in [0.1, 0.15) is 60.9 Å². The Hall–Kier alpha value is -3.17. The molecule has 1 N–H and O–H groups in total. The minimum atomic E-state index is -3.91. The van der Waals surface area contributed by atoms with Crippen molar-refractivity contribution in [1.82, 2.24) is 13.6 Å². The van der Waals surface area contributed by atoms with E-state index in [2.05, 4.69) is 15.4 Å². The van der Waals surface area contributed by atoms with E-state index in [-0.39, 0.29) is 11.5 Å². The topological polar surface area (TPSA) is 91.7 Å². The van der Waals surface area contributed by atoms with Crippen LogP contribution in [0.25, 0.3) is 22.2 Å². The lowest BCUT2D eigenvalue weighted by Crippen LogP contribution is -2.39. The predicted molar refractivity (Wildman–Crippen MR) is 141 cm³/mol. The second-order valence-corrected chi connectivity index (χ2v) is 11.8. The first-order chi connectivity index (χ1) is 17.2. The molecule has 0 spiro atoms. The zero-order chi connectivity index (χ0) is 25.6. The normalized spacial score (nSPS) is 16.5. The summed E-state index contributed by atoms with van der Waals surface area (Å²) in [5.74, 6) is -0.284. The smallest absolute Gasteiger partial charge is 0.303 e. The minimum Gasteiger partial charge on any atom is -0.338 e. The van der Waals surface area contributed by atoms with Crippen LogP contribution in [0.4, 0.5) is 5.69 Å². The van der Waals surface area contributed by atoms with Gasteiger partial charge in [0.25, 0.3) is 5.91 Å². The van der Waals surface area contributed by atoms with Crippen LogP contribution in [0.15, 0.2) is 42.5 Å². The Labute approximate surface area is 212 Å². The largest absolute Gasteiger partial charge is 0.338 e. The average molecular weight is 509 g/mol. The maximum atomic E-state index is 12.9. The maximum absolute atomic E-state index is 12.9. The van der Waals surface area contributed by atoms with Gasteiger partial charge in [-0.1, -0.05) is 43.5 Å². The van der Waals surface area contributed by atoms with Crippen molar-refractivity contribution < 1.29 is 18.0 Å². The van der Waals surface area contributed by atoms with E-state index in [1.54, 1.807) is 19.1 Å². The molecule has 2 amide bonds. The van der Waals surface area contributed by atoms with Crippen molar-refractivity contribution in [3.63, 3.8) is 0 Å². The Kier molecular flexibility index (Phi) is 6.38. The van der Waals surface area contributed by atoms with Crippen molar-refractivity contribution in [2.75, 3.05) is 25.5 Å². The Balaban J connectivity index is 1.72. The highest BCUT2D eigenvalue weighted by Crippen LogP contribution is 2.47. The lowest BCUT2D eigenvalue weighted by Gasteiger charge is -2.24. The summed E-state index contributed by atoms with van der Waals surface area (Å²) in [6.07, 6.45) is 5.81. The summed E-state index contributed by atoms with van der Waals surface area (Å²) >= 11 is 0. The molecule has 2 aromatic carbocycles. The van der Waals surface area contributed by atoms with Crippen molar-refractivity contribution in [3.8, 4) is 11.3 Å². The Morgan fingerprint density at radius 2 is 1.72 bits per heavy atom. The highest BCUT2D eigenvalue weighted by molar-refractivity contribution is 7.87. The van der Waals surface area contributed by atoms with E-state index in [4.69, 9.17) is 0 Å². The predicted octanol–water partition coefficient (Wildman–Crippen LogP) is 4.26. The summed E-state index contributed by atoms with van der Waals surface area (Å²) in [5, 5.41) is 1.09. The first-order valence-electron chi connectivity index (χ1n) is 12.5. The van der Waals surface area contributed by atoms with Crippen LogP contribution in [0.3, 0.4) is 0 Å². The highest BCUT2D eigenvalue weighted by Gasteiger charge is 2.31. The van der Waals surface area contributed by atoms with Gasteiger partial charge in [-0.15, -0.1) is 0 Å². The number of carbonyl (C=O) groups excluding carboxylic acids is 2. The fourth-order valence-electron chi connectivity index (χ4n) is 5.67. The Morgan fingerprint density at radius 1 is 1.00 bits per heavy atom. The van der Waals surface area contributed by atoms with E-state index in [9.17, 15) is 18.0 Å². The molecule has 0 radical (unpaired) electrons. The highest BCUT2D eigenvalue weighted by atomic mass is 32.2. The molecule has 0 atom stereocenters. The minimum absolute atomic E-state index is 0.00863. The van der Waals surface area contributed by atoms with Gasteiger partial charge < -0.3 is 9.47 Å². The lowest BCUT2D eigenvalue weighted by atomic mass is 9.81. The van der Waals surface area contributed by atoms with Crippen molar-refractivity contribution >= 4 is 38.6 Å². The summed E-state index contributed by atoms with van der Waals surface area (Å²) in [4.78, 5) is 27.3. The quantitative estimate of drug-likeness (QED) is 0.570. The van der Waals surface area contributed by atoms with Crippen LogP contribution in [0.2, 0.25) is 0 Å². The zero-order valence-corrected chi connectivity index (χ0v) is 21.8. The lowest BCUT2D eigenvalue weighted by molar-refractivity contribution is -0.116. The van der Waals surface area contributed by atoms with Crippen LogP contribution in [-0.4, -0.2) is 49.7 Å². The van der Waals surface area contributed by atoms with Gasteiger partial charge in [0, 0.05) is 56.1 Å². The van der Waals surface area contributed by atoms with E-state index in [1.165, 1.54) is 38.9 Å². The molecule has 2 aliphatic rings. The molecule has 36 heavy (non-hydrogen) atoms. The number of fused-ring (bicyclic) bond motifs is 5. The molecule has 1 fully saturated rings. The molecule has 5 rings (SSSR count). The van der Waals surface area contributed by atoms with Gasteiger partial charge in [-0.25, -0.2) is 4.72 Å². The number of anilines is 1. The summed E-state index contributed by atoms with van der Waals surface area (Å²) in [6, 6.07) is 13.5. The third-order valence-corrected chi connectivity index (χ3v) is 8.86. The number of carbonyl (C=O) groups is 2. The molecule has 1 saturated carbocycles. The second-order valence-electron chi connectivity index (χ2n) is 9.89. The molecule has 190 valence electrons. The molecule has 0 saturated heterocycles. The number of amides is 2. The Bertz CT molecular complexity index is 1450. The molecule has 1 aliphatic carbocycles. The number of nitrogens with one attached hydrogen (secondary N) is 1. The third-order valence-electron chi connectivity index (χ3n) is 7.46. The molecule has 0 unspecified atom stereocenters. The van der Waals surface area contributed by atoms with E-state index in [0.29, 0.717) is 19.0 Å². The molecule has 0 bridgehead atoms. The van der Waals surface area contributed by atoms with Gasteiger partial charge in [-0.05, 0) is 42.5 Å². The van der Waals surface area contributed by atoms with Gasteiger partial charge in [0.2, 0.25) is 5.91 Å². The van der Waals surface area contributed by atoms with Crippen LogP contribution < -0.4 is 9.62 Å². The zero-order valence-electron chi connectivity index (χ0n) is 21.0. The summed E-state index contributed by atoms with van der Waals surface area (Å²) in [5.41, 5.74) is 5.47. The second kappa shape index (κ2) is 9.37. The van der Waals surface area contributed by atoms with Crippen LogP contribution >= 0.6 is 0 Å². The van der Waals surface area contributed by atoms with E-state index >= 15 is 0 Å². The fourth-order valence-corrected chi connectivity index (χ4v) is 6.20. The number of rotatable bonds is 4. The molecule has 1 aliphatic heterocycles. The van der Waals surface area contributed by atoms with Crippen LogP contribution in [0, 0.1) is 0 Å². The first kappa shape index (κ1) is 24.5. The van der Waals surface area contributed by atoms with Crippen LogP contribution in [0.5, 0.6) is 0 Å². The number of hydrogen-bond acceptors (Lipinski definition) is 4. The number of nitrogens with zero attached hydrogens (tertiary/aromatic N) is 3. The number of para-hydroxylation sites is 1. The van der Waals surface area contributed by atoms with Crippen molar-refractivity contribution in [2.24, 2.45) is 0 Å². The summed E-state index contributed by atoms with van der Waals surface area (Å²) in [7, 11) is -1.16. The van der Waals surface area contributed by atoms with Gasteiger partial charge in [0.15, 0.2) is 0 Å². The molecule has 3 aromatic rings. The van der Waals surface area contributed by atoms with Crippen molar-refractivity contribution in [3.05, 3.63) is 53.6 Å². The fraction of sp³-hybridized carbons (Fsp3) is 0.407. The number of aromatic nitrogens is 1. The van der Waals surface area contributed by atoms with Gasteiger partial charge in [-0.2, -0.15) is 12.7 Å². The standard InChI is InChI=1S/C27H32N4O4S/c1-18(32)30-15-16-31-24-17-20(27(33)28-36(34,35)29(2)3)13-14-21(24)25(19-9-5-4-6-10-19)26(31)22-11-7-8-12-23(22)30/h7-8,11-14,17,19H,4-6,9-10,15-16H2,1-3H3,(H,28,33). The first-order valence-corrected chi connectivity index (χ1v) is 13.9. The molecular weight excluding hydrogens is 476 g/mol. The van der Waals surface area contributed by atoms with Gasteiger partial charge in [0.1, 0.15) is 0 Å². The van der Waals surface area contributed by atoms with Crippen molar-refractivity contribution in [1.29, 1.82) is 0 Å². The maximum Gasteiger partial charge on any atom is 0.303 e. The van der Waals surface area contributed by atoms with E-state index < -0.39 is 16.1 Å². The number of hydrogen-bond donors (Lipinski definition) is 1. The van der Waals surface area contributed by atoms with Gasteiger partial charge in [-0.3, -0.25) is 9.59 Å². The van der Waals surface area contributed by atoms with Crippen LogP contribution in [-0.2, 0) is 21.5 Å². The Morgan fingerprint density at radius 3 is 2.42 bits per heavy atom. The average Bonchev–Trinajstić information content (AvgIpc) is 3.07.